The quantitative estimate of drug-likeness (QED) is 0.749. The van der Waals surface area contributed by atoms with Gasteiger partial charge in [-0.25, -0.2) is 8.42 Å². The molecule has 0 bridgehead atoms. The molecule has 0 amide bonds. The number of rotatable bonds is 4. The van der Waals surface area contributed by atoms with Gasteiger partial charge in [-0.15, -0.1) is 0 Å². The van der Waals surface area contributed by atoms with Crippen molar-refractivity contribution in [2.24, 2.45) is 0 Å². The number of hydrogen-bond donors (Lipinski definition) is 1. The number of sulfone groups is 1. The fourth-order valence-corrected chi connectivity index (χ4v) is 5.26. The SMILES string of the molecule is CNc1cn2c(N3CCN(C)CC3)cccc2c1S(=O)(=O)c1ccccc1. The Morgan fingerprint density at radius 2 is 1.63 bits per heavy atom. The van der Waals surface area contributed by atoms with Crippen LogP contribution in [0.5, 0.6) is 0 Å². The predicted octanol–water partition coefficient (Wildman–Crippen LogP) is 2.57. The van der Waals surface area contributed by atoms with E-state index < -0.39 is 9.84 Å². The van der Waals surface area contributed by atoms with Gasteiger partial charge in [0.05, 0.1) is 16.1 Å². The molecule has 1 fully saturated rings. The molecule has 1 aliphatic heterocycles. The molecule has 1 aliphatic rings. The van der Waals surface area contributed by atoms with Crippen molar-refractivity contribution in [3.05, 3.63) is 54.7 Å². The highest BCUT2D eigenvalue weighted by Crippen LogP contribution is 2.35. The molecule has 3 aromatic rings. The lowest BCUT2D eigenvalue weighted by Gasteiger charge is -2.34. The summed E-state index contributed by atoms with van der Waals surface area (Å²) < 4.78 is 28.7. The average molecular weight is 385 g/mol. The molecule has 6 nitrogen and oxygen atoms in total. The summed E-state index contributed by atoms with van der Waals surface area (Å²) in [6.07, 6.45) is 1.89. The van der Waals surface area contributed by atoms with E-state index in [0.717, 1.165) is 32.0 Å². The molecule has 7 heteroatoms. The predicted molar refractivity (Wildman–Crippen MR) is 109 cm³/mol. The highest BCUT2D eigenvalue weighted by molar-refractivity contribution is 7.91. The third-order valence-corrected chi connectivity index (χ3v) is 7.02. The average Bonchev–Trinajstić information content (AvgIpc) is 3.09. The number of likely N-dealkylation sites (N-methyl/N-ethyl adjacent to an activating group) is 1. The van der Waals surface area contributed by atoms with Gasteiger partial charge in [0.25, 0.3) is 0 Å². The maximum atomic E-state index is 13.3. The van der Waals surface area contributed by atoms with Crippen molar-refractivity contribution in [1.82, 2.24) is 9.30 Å². The number of aromatic nitrogens is 1. The summed E-state index contributed by atoms with van der Waals surface area (Å²) in [5, 5.41) is 3.07. The summed E-state index contributed by atoms with van der Waals surface area (Å²) in [5.41, 5.74) is 1.31. The zero-order chi connectivity index (χ0) is 19.0. The van der Waals surface area contributed by atoms with Gasteiger partial charge in [-0.1, -0.05) is 24.3 Å². The van der Waals surface area contributed by atoms with Crippen LogP contribution in [-0.4, -0.2) is 58.0 Å². The Morgan fingerprint density at radius 1 is 0.926 bits per heavy atom. The number of pyridine rings is 1. The molecule has 0 unspecified atom stereocenters. The minimum absolute atomic E-state index is 0.305. The van der Waals surface area contributed by atoms with Crippen LogP contribution in [0, 0.1) is 0 Å². The molecular weight excluding hydrogens is 360 g/mol. The molecule has 1 saturated heterocycles. The Labute approximate surface area is 159 Å². The van der Waals surface area contributed by atoms with Gasteiger partial charge in [-0.05, 0) is 31.3 Å². The number of nitrogens with zero attached hydrogens (tertiary/aromatic N) is 3. The third-order valence-electron chi connectivity index (χ3n) is 5.16. The lowest BCUT2D eigenvalue weighted by Crippen LogP contribution is -2.45. The largest absolute Gasteiger partial charge is 0.386 e. The van der Waals surface area contributed by atoms with Crippen molar-refractivity contribution < 1.29 is 8.42 Å². The number of piperazine rings is 1. The molecule has 3 heterocycles. The first-order valence-electron chi connectivity index (χ1n) is 9.08. The second-order valence-corrected chi connectivity index (χ2v) is 8.75. The van der Waals surface area contributed by atoms with E-state index >= 15 is 0 Å². The smallest absolute Gasteiger partial charge is 0.210 e. The summed E-state index contributed by atoms with van der Waals surface area (Å²) in [7, 11) is 0.249. The van der Waals surface area contributed by atoms with E-state index in [2.05, 4.69) is 28.2 Å². The number of anilines is 2. The van der Waals surface area contributed by atoms with Crippen LogP contribution in [0.1, 0.15) is 0 Å². The molecule has 27 heavy (non-hydrogen) atoms. The van der Waals surface area contributed by atoms with Gasteiger partial charge in [0.1, 0.15) is 10.7 Å². The molecule has 0 radical (unpaired) electrons. The third kappa shape index (κ3) is 3.07. The van der Waals surface area contributed by atoms with Gasteiger partial charge in [0, 0.05) is 39.4 Å². The van der Waals surface area contributed by atoms with E-state index in [-0.39, 0.29) is 0 Å². The Morgan fingerprint density at radius 3 is 2.30 bits per heavy atom. The van der Waals surface area contributed by atoms with Crippen molar-refractivity contribution in [2.75, 3.05) is 50.5 Å². The molecule has 142 valence electrons. The second kappa shape index (κ2) is 6.90. The van der Waals surface area contributed by atoms with E-state index in [1.807, 2.05) is 28.8 Å². The molecule has 0 aliphatic carbocycles. The van der Waals surface area contributed by atoms with Crippen LogP contribution in [0.25, 0.3) is 5.52 Å². The Balaban J connectivity index is 1.89. The monoisotopic (exact) mass is 384 g/mol. The standard InChI is InChI=1S/C20H24N4O2S/c1-21-17-15-24-18(20(17)27(25,26)16-7-4-3-5-8-16)9-6-10-19(24)23-13-11-22(2)12-14-23/h3-10,15,21H,11-14H2,1-2H3. The number of nitrogens with one attached hydrogen (secondary N) is 1. The van der Waals surface area contributed by atoms with Crippen molar-refractivity contribution in [3.63, 3.8) is 0 Å². The number of fused-ring (bicyclic) bond motifs is 1. The maximum absolute atomic E-state index is 13.3. The van der Waals surface area contributed by atoms with Crippen LogP contribution in [0.3, 0.4) is 0 Å². The van der Waals surface area contributed by atoms with Crippen molar-refractivity contribution in [1.29, 1.82) is 0 Å². The minimum atomic E-state index is -3.63. The summed E-state index contributed by atoms with van der Waals surface area (Å²) in [4.78, 5) is 5.24. The van der Waals surface area contributed by atoms with Gasteiger partial charge < -0.3 is 15.1 Å². The molecule has 1 N–H and O–H groups in total. The molecule has 1 aromatic carbocycles. The lowest BCUT2D eigenvalue weighted by molar-refractivity contribution is 0.312. The van der Waals surface area contributed by atoms with E-state index in [4.69, 9.17) is 0 Å². The van der Waals surface area contributed by atoms with Gasteiger partial charge in [0.15, 0.2) is 0 Å². The zero-order valence-corrected chi connectivity index (χ0v) is 16.4. The second-order valence-electron chi connectivity index (χ2n) is 6.87. The fourth-order valence-electron chi connectivity index (χ4n) is 3.63. The molecule has 4 rings (SSSR count). The summed E-state index contributed by atoms with van der Waals surface area (Å²) in [6, 6.07) is 14.5. The van der Waals surface area contributed by atoms with Gasteiger partial charge in [-0.3, -0.25) is 4.40 Å². The van der Waals surface area contributed by atoms with Crippen LogP contribution in [0.2, 0.25) is 0 Å². The first-order valence-corrected chi connectivity index (χ1v) is 10.6. The zero-order valence-electron chi connectivity index (χ0n) is 15.6. The molecule has 0 atom stereocenters. The molecular formula is C20H24N4O2S. The Kier molecular flexibility index (Phi) is 4.57. The van der Waals surface area contributed by atoms with Gasteiger partial charge in [0.2, 0.25) is 9.84 Å². The Bertz CT molecular complexity index is 1050. The van der Waals surface area contributed by atoms with Gasteiger partial charge in [-0.2, -0.15) is 0 Å². The normalized spacial score (nSPS) is 16.0. The van der Waals surface area contributed by atoms with Crippen LogP contribution in [-0.2, 0) is 9.84 Å². The van der Waals surface area contributed by atoms with E-state index in [9.17, 15) is 8.42 Å². The number of hydrogen-bond acceptors (Lipinski definition) is 5. The summed E-state index contributed by atoms with van der Waals surface area (Å²) in [5.74, 6) is 1.02. The van der Waals surface area contributed by atoms with Crippen molar-refractivity contribution in [3.8, 4) is 0 Å². The summed E-state index contributed by atoms with van der Waals surface area (Å²) in [6.45, 7) is 3.82. The van der Waals surface area contributed by atoms with Crippen LogP contribution in [0.4, 0.5) is 11.5 Å². The highest BCUT2D eigenvalue weighted by atomic mass is 32.2. The van der Waals surface area contributed by atoms with Crippen LogP contribution in [0.15, 0.2) is 64.5 Å². The first kappa shape index (κ1) is 17.9. The molecule has 2 aromatic heterocycles. The maximum Gasteiger partial charge on any atom is 0.210 e. The van der Waals surface area contributed by atoms with Crippen LogP contribution < -0.4 is 10.2 Å². The number of benzene rings is 1. The molecule has 0 spiro atoms. The summed E-state index contributed by atoms with van der Waals surface area (Å²) >= 11 is 0. The molecule has 0 saturated carbocycles. The van der Waals surface area contributed by atoms with E-state index in [1.165, 1.54) is 0 Å². The topological polar surface area (TPSA) is 57.1 Å². The fraction of sp³-hybridized carbons (Fsp3) is 0.300. The van der Waals surface area contributed by atoms with E-state index in [1.54, 1.807) is 31.3 Å². The lowest BCUT2D eigenvalue weighted by atomic mass is 10.3. The van der Waals surface area contributed by atoms with Crippen molar-refractivity contribution in [2.45, 2.75) is 9.79 Å². The van der Waals surface area contributed by atoms with Crippen molar-refractivity contribution >= 4 is 26.9 Å². The van der Waals surface area contributed by atoms with Gasteiger partial charge >= 0.3 is 0 Å². The first-order chi connectivity index (χ1) is 13.0. The highest BCUT2D eigenvalue weighted by Gasteiger charge is 2.27. The Hall–Kier alpha value is -2.51. The van der Waals surface area contributed by atoms with E-state index in [0.29, 0.717) is 21.0 Å². The van der Waals surface area contributed by atoms with Crippen LogP contribution >= 0.6 is 0 Å². The minimum Gasteiger partial charge on any atom is -0.386 e.